The molecule has 0 radical (unpaired) electrons. The van der Waals surface area contributed by atoms with E-state index in [1.807, 2.05) is 7.05 Å². The molecule has 0 aromatic rings. The highest BCUT2D eigenvalue weighted by atomic mass is 32.2. The first kappa shape index (κ1) is 18.9. The van der Waals surface area contributed by atoms with E-state index in [4.69, 9.17) is 0 Å². The second kappa shape index (κ2) is 9.14. The summed E-state index contributed by atoms with van der Waals surface area (Å²) in [5.74, 6) is 2.27. The van der Waals surface area contributed by atoms with Crippen LogP contribution in [0, 0.1) is 0 Å². The molecule has 2 heterocycles. The Kier molecular flexibility index (Phi) is 7.50. The van der Waals surface area contributed by atoms with Crippen LogP contribution in [0.15, 0.2) is 4.99 Å². The van der Waals surface area contributed by atoms with Crippen LogP contribution in [0.5, 0.6) is 0 Å². The van der Waals surface area contributed by atoms with Gasteiger partial charge in [0.1, 0.15) is 0 Å². The summed E-state index contributed by atoms with van der Waals surface area (Å²) in [6.45, 7) is 13.9. The number of nitrogens with one attached hydrogen (secondary N) is 1. The van der Waals surface area contributed by atoms with Gasteiger partial charge >= 0.3 is 0 Å². The summed E-state index contributed by atoms with van der Waals surface area (Å²) in [6, 6.07) is 0. The Bertz CT molecular complexity index is 385. The molecule has 0 aromatic heterocycles. The van der Waals surface area contributed by atoms with Crippen molar-refractivity contribution in [2.24, 2.45) is 4.99 Å². The highest BCUT2D eigenvalue weighted by molar-refractivity contribution is 8.00. The molecule has 134 valence electrons. The van der Waals surface area contributed by atoms with Gasteiger partial charge in [-0.2, -0.15) is 11.8 Å². The second-order valence-electron chi connectivity index (χ2n) is 7.36. The zero-order valence-electron chi connectivity index (χ0n) is 15.5. The Hall–Kier alpha value is -0.460. The number of likely N-dealkylation sites (N-methyl/N-ethyl adjacent to an activating group) is 1. The molecule has 2 saturated heterocycles. The normalized spacial score (nSPS) is 24.5. The molecule has 0 spiro atoms. The summed E-state index contributed by atoms with van der Waals surface area (Å²) in [6.07, 6.45) is 2.49. The molecule has 1 N–H and O–H groups in total. The van der Waals surface area contributed by atoms with Crippen molar-refractivity contribution >= 4 is 17.7 Å². The van der Waals surface area contributed by atoms with Gasteiger partial charge in [0, 0.05) is 50.3 Å². The van der Waals surface area contributed by atoms with Crippen molar-refractivity contribution in [1.82, 2.24) is 20.0 Å². The molecule has 2 fully saturated rings. The van der Waals surface area contributed by atoms with Crippen molar-refractivity contribution < 1.29 is 0 Å². The third-order valence-electron chi connectivity index (χ3n) is 4.68. The van der Waals surface area contributed by atoms with Crippen molar-refractivity contribution in [2.75, 3.05) is 72.2 Å². The van der Waals surface area contributed by atoms with Crippen molar-refractivity contribution in [3.8, 4) is 0 Å². The maximum Gasteiger partial charge on any atom is 0.193 e. The molecule has 2 aliphatic heterocycles. The summed E-state index contributed by atoms with van der Waals surface area (Å²) in [4.78, 5) is 11.9. The van der Waals surface area contributed by atoms with Crippen LogP contribution in [0.3, 0.4) is 0 Å². The van der Waals surface area contributed by atoms with E-state index < -0.39 is 0 Å². The zero-order chi connectivity index (χ0) is 16.7. The maximum atomic E-state index is 4.49. The van der Waals surface area contributed by atoms with Gasteiger partial charge in [-0.3, -0.25) is 4.99 Å². The number of thioether (sulfide) groups is 1. The summed E-state index contributed by atoms with van der Waals surface area (Å²) < 4.78 is 0.327. The van der Waals surface area contributed by atoms with Gasteiger partial charge in [-0.1, -0.05) is 0 Å². The molecule has 0 unspecified atom stereocenters. The van der Waals surface area contributed by atoms with Crippen LogP contribution >= 0.6 is 11.8 Å². The van der Waals surface area contributed by atoms with E-state index in [9.17, 15) is 0 Å². The summed E-state index contributed by atoms with van der Waals surface area (Å²) >= 11 is 2.07. The topological polar surface area (TPSA) is 34.1 Å². The van der Waals surface area contributed by atoms with E-state index >= 15 is 0 Å². The standard InChI is InChI=1S/C17H35N5S/c1-17(2)15-22(13-14-23-17)16(18-3)19-7-5-9-21-10-6-8-20(4)11-12-21/h5-15H2,1-4H3,(H,18,19). The molecule has 0 amide bonds. The fraction of sp³-hybridized carbons (Fsp3) is 0.941. The highest BCUT2D eigenvalue weighted by Crippen LogP contribution is 2.29. The van der Waals surface area contributed by atoms with Gasteiger partial charge in [-0.25, -0.2) is 0 Å². The van der Waals surface area contributed by atoms with Crippen molar-refractivity contribution in [2.45, 2.75) is 31.4 Å². The lowest BCUT2D eigenvalue weighted by Crippen LogP contribution is -2.51. The van der Waals surface area contributed by atoms with E-state index in [0.29, 0.717) is 4.75 Å². The average molecular weight is 342 g/mol. The molecule has 0 aliphatic carbocycles. The summed E-state index contributed by atoms with van der Waals surface area (Å²) in [5, 5.41) is 3.57. The van der Waals surface area contributed by atoms with Gasteiger partial charge in [0.2, 0.25) is 0 Å². The number of rotatable bonds is 4. The maximum absolute atomic E-state index is 4.49. The predicted molar refractivity (Wildman–Crippen MR) is 103 cm³/mol. The Morgan fingerprint density at radius 2 is 2.00 bits per heavy atom. The Morgan fingerprint density at radius 1 is 1.17 bits per heavy atom. The van der Waals surface area contributed by atoms with E-state index in [-0.39, 0.29) is 0 Å². The Labute approximate surface area is 146 Å². The van der Waals surface area contributed by atoms with Gasteiger partial charge in [0.05, 0.1) is 0 Å². The minimum Gasteiger partial charge on any atom is -0.356 e. The molecule has 2 aliphatic rings. The van der Waals surface area contributed by atoms with Gasteiger partial charge in [0.25, 0.3) is 0 Å². The first-order valence-corrected chi connectivity index (χ1v) is 9.99. The lowest BCUT2D eigenvalue weighted by Gasteiger charge is -2.39. The summed E-state index contributed by atoms with van der Waals surface area (Å²) in [7, 11) is 4.13. The lowest BCUT2D eigenvalue weighted by molar-refractivity contribution is 0.273. The zero-order valence-corrected chi connectivity index (χ0v) is 16.3. The monoisotopic (exact) mass is 341 g/mol. The molecular formula is C17H35N5S. The average Bonchev–Trinajstić information content (AvgIpc) is 2.71. The Balaban J connectivity index is 1.68. The van der Waals surface area contributed by atoms with Crippen molar-refractivity contribution in [3.63, 3.8) is 0 Å². The van der Waals surface area contributed by atoms with Crippen LogP contribution in [0.2, 0.25) is 0 Å². The van der Waals surface area contributed by atoms with Crippen LogP contribution < -0.4 is 5.32 Å². The molecule has 6 heteroatoms. The first-order chi connectivity index (χ1) is 11.0. The quantitative estimate of drug-likeness (QED) is 0.475. The molecule has 0 saturated carbocycles. The Morgan fingerprint density at radius 3 is 2.74 bits per heavy atom. The molecule has 0 aromatic carbocycles. The largest absolute Gasteiger partial charge is 0.356 e. The van der Waals surface area contributed by atoms with Crippen LogP contribution in [0.4, 0.5) is 0 Å². The lowest BCUT2D eigenvalue weighted by atomic mass is 10.2. The number of hydrogen-bond acceptors (Lipinski definition) is 4. The molecule has 23 heavy (non-hydrogen) atoms. The van der Waals surface area contributed by atoms with Crippen LogP contribution in [-0.4, -0.2) is 97.6 Å². The van der Waals surface area contributed by atoms with Crippen LogP contribution in [-0.2, 0) is 0 Å². The van der Waals surface area contributed by atoms with Crippen LogP contribution in [0.25, 0.3) is 0 Å². The van der Waals surface area contributed by atoms with Crippen LogP contribution in [0.1, 0.15) is 26.7 Å². The number of hydrogen-bond donors (Lipinski definition) is 1. The summed E-state index contributed by atoms with van der Waals surface area (Å²) in [5.41, 5.74) is 0. The molecular weight excluding hydrogens is 306 g/mol. The third-order valence-corrected chi connectivity index (χ3v) is 5.98. The smallest absolute Gasteiger partial charge is 0.193 e. The van der Waals surface area contributed by atoms with Gasteiger partial charge in [-0.05, 0) is 53.4 Å². The van der Waals surface area contributed by atoms with Gasteiger partial charge in [-0.15, -0.1) is 0 Å². The predicted octanol–water partition coefficient (Wildman–Crippen LogP) is 1.42. The first-order valence-electron chi connectivity index (χ1n) is 9.01. The molecule has 5 nitrogen and oxygen atoms in total. The van der Waals surface area contributed by atoms with Crippen molar-refractivity contribution in [1.29, 1.82) is 0 Å². The second-order valence-corrected chi connectivity index (χ2v) is 9.16. The SMILES string of the molecule is CN=C(NCCCN1CCCN(C)CC1)N1CCSC(C)(C)C1. The van der Waals surface area contributed by atoms with Gasteiger partial charge in [0.15, 0.2) is 5.96 Å². The van der Waals surface area contributed by atoms with E-state index in [1.54, 1.807) is 0 Å². The van der Waals surface area contributed by atoms with E-state index in [1.165, 1.54) is 51.3 Å². The van der Waals surface area contributed by atoms with Gasteiger partial charge < -0.3 is 20.0 Å². The number of guanidine groups is 1. The fourth-order valence-electron chi connectivity index (χ4n) is 3.36. The van der Waals surface area contributed by atoms with Crippen molar-refractivity contribution in [3.05, 3.63) is 0 Å². The highest BCUT2D eigenvalue weighted by Gasteiger charge is 2.28. The number of nitrogens with zero attached hydrogens (tertiary/aromatic N) is 4. The molecule has 2 rings (SSSR count). The van der Waals surface area contributed by atoms with E-state index in [2.05, 4.69) is 57.7 Å². The fourth-order valence-corrected chi connectivity index (χ4v) is 4.47. The minimum atomic E-state index is 0.327. The van der Waals surface area contributed by atoms with E-state index in [0.717, 1.165) is 25.6 Å². The minimum absolute atomic E-state index is 0.327. The molecule has 0 atom stereocenters. The third kappa shape index (κ3) is 6.51. The number of aliphatic imine (C=N–C) groups is 1. The molecule has 0 bridgehead atoms.